The third-order valence-electron chi connectivity index (χ3n) is 2.43. The van der Waals surface area contributed by atoms with Crippen molar-refractivity contribution < 1.29 is 0 Å². The zero-order chi connectivity index (χ0) is 10.3. The molecule has 0 unspecified atom stereocenters. The van der Waals surface area contributed by atoms with Gasteiger partial charge in [-0.1, -0.05) is 27.7 Å². The molecule has 2 rings (SSSR count). The maximum Gasteiger partial charge on any atom is 0.0455 e. The average Bonchev–Trinajstić information content (AvgIpc) is 2.58. The third kappa shape index (κ3) is 1.61. The lowest BCUT2D eigenvalue weighted by atomic mass is 10.1. The van der Waals surface area contributed by atoms with Crippen molar-refractivity contribution in [3.05, 3.63) is 21.2 Å². The van der Waals surface area contributed by atoms with Gasteiger partial charge in [-0.3, -0.25) is 0 Å². The summed E-state index contributed by atoms with van der Waals surface area (Å²) in [7, 11) is 0. The molecule has 0 nitrogen and oxygen atoms in total. The van der Waals surface area contributed by atoms with Crippen LogP contribution in [0.4, 0.5) is 0 Å². The fraction of sp³-hybridized carbons (Fsp3) is 0.500. The summed E-state index contributed by atoms with van der Waals surface area (Å²) in [6, 6.07) is 2.39. The molecule has 0 radical (unpaired) electrons. The number of fused-ring (bicyclic) bond motifs is 1. The van der Waals surface area contributed by atoms with E-state index in [4.69, 9.17) is 0 Å². The van der Waals surface area contributed by atoms with Gasteiger partial charge in [0.15, 0.2) is 0 Å². The maximum absolute atomic E-state index is 2.39. The van der Waals surface area contributed by atoms with Crippen molar-refractivity contribution in [2.75, 3.05) is 0 Å². The quantitative estimate of drug-likeness (QED) is 0.657. The third-order valence-corrected chi connectivity index (χ3v) is 5.26. The molecule has 0 aromatic carbocycles. The van der Waals surface area contributed by atoms with Crippen molar-refractivity contribution in [3.8, 4) is 0 Å². The molecule has 0 N–H and O–H groups in total. The summed E-state index contributed by atoms with van der Waals surface area (Å²) in [5.74, 6) is 1.32. The lowest BCUT2D eigenvalue weighted by molar-refractivity contribution is 0.886. The molecule has 14 heavy (non-hydrogen) atoms. The van der Waals surface area contributed by atoms with Crippen LogP contribution in [-0.4, -0.2) is 0 Å². The topological polar surface area (TPSA) is 0 Å². The van der Waals surface area contributed by atoms with Crippen LogP contribution < -0.4 is 0 Å². The van der Waals surface area contributed by atoms with Crippen LogP contribution in [-0.2, 0) is 0 Å². The molecule has 76 valence electrons. The Balaban J connectivity index is 2.56. The molecule has 0 bridgehead atoms. The lowest BCUT2D eigenvalue weighted by Crippen LogP contribution is -1.81. The summed E-state index contributed by atoms with van der Waals surface area (Å²) in [4.78, 5) is 3.06. The highest BCUT2D eigenvalue weighted by Crippen LogP contribution is 2.39. The van der Waals surface area contributed by atoms with Crippen LogP contribution >= 0.6 is 22.7 Å². The van der Waals surface area contributed by atoms with Crippen molar-refractivity contribution in [1.29, 1.82) is 0 Å². The molecule has 0 spiro atoms. The molecular formula is C12H16S2. The van der Waals surface area contributed by atoms with E-state index in [2.05, 4.69) is 39.1 Å². The molecule has 0 fully saturated rings. The van der Waals surface area contributed by atoms with Crippen LogP contribution in [0, 0.1) is 0 Å². The van der Waals surface area contributed by atoms with Gasteiger partial charge in [0.25, 0.3) is 0 Å². The summed E-state index contributed by atoms with van der Waals surface area (Å²) in [6.45, 7) is 9.09. The monoisotopic (exact) mass is 224 g/mol. The fourth-order valence-corrected chi connectivity index (χ4v) is 3.89. The summed E-state index contributed by atoms with van der Waals surface area (Å²) >= 11 is 3.86. The largest absolute Gasteiger partial charge is 0.146 e. The van der Waals surface area contributed by atoms with E-state index in [1.807, 2.05) is 22.7 Å². The van der Waals surface area contributed by atoms with Crippen molar-refractivity contribution in [3.63, 3.8) is 0 Å². The molecule has 0 amide bonds. The van der Waals surface area contributed by atoms with Gasteiger partial charge in [-0.25, -0.2) is 0 Å². The van der Waals surface area contributed by atoms with Crippen LogP contribution in [0.2, 0.25) is 0 Å². The van der Waals surface area contributed by atoms with E-state index in [0.717, 1.165) is 0 Å². The zero-order valence-corrected chi connectivity index (χ0v) is 10.8. The molecule has 0 aliphatic heterocycles. The van der Waals surface area contributed by atoms with Gasteiger partial charge < -0.3 is 0 Å². The van der Waals surface area contributed by atoms with E-state index in [9.17, 15) is 0 Å². The fourth-order valence-electron chi connectivity index (χ4n) is 1.62. The molecule has 0 atom stereocenters. The number of hydrogen-bond donors (Lipinski definition) is 0. The second-order valence-corrected chi connectivity index (χ2v) is 6.36. The van der Waals surface area contributed by atoms with Gasteiger partial charge in [0, 0.05) is 25.2 Å². The standard InChI is InChI=1S/C12H16S2/c1-7(2)10-5-9-11(14-10)6-13-12(9)8(3)4/h5-8H,1-4H3. The van der Waals surface area contributed by atoms with Crippen LogP contribution in [0.3, 0.4) is 0 Å². The minimum Gasteiger partial charge on any atom is -0.146 e. The van der Waals surface area contributed by atoms with Gasteiger partial charge in [0.05, 0.1) is 0 Å². The first kappa shape index (κ1) is 10.2. The Labute approximate surface area is 93.6 Å². The Morgan fingerprint density at radius 2 is 1.79 bits per heavy atom. The van der Waals surface area contributed by atoms with Crippen LogP contribution in [0.1, 0.15) is 49.3 Å². The predicted octanol–water partition coefficient (Wildman–Crippen LogP) is 5.21. The molecule has 0 saturated carbocycles. The van der Waals surface area contributed by atoms with Crippen molar-refractivity contribution in [2.45, 2.75) is 39.5 Å². The molecule has 2 heteroatoms. The smallest absolute Gasteiger partial charge is 0.0455 e. The van der Waals surface area contributed by atoms with Gasteiger partial charge >= 0.3 is 0 Å². The summed E-state index contributed by atoms with van der Waals surface area (Å²) in [5, 5.41) is 3.81. The first-order valence-corrected chi connectivity index (χ1v) is 6.80. The van der Waals surface area contributed by atoms with E-state index >= 15 is 0 Å². The van der Waals surface area contributed by atoms with Crippen molar-refractivity contribution in [2.24, 2.45) is 0 Å². The van der Waals surface area contributed by atoms with Crippen LogP contribution in [0.5, 0.6) is 0 Å². The van der Waals surface area contributed by atoms with Gasteiger partial charge in [0.1, 0.15) is 0 Å². The summed E-state index contributed by atoms with van der Waals surface area (Å²) in [5.41, 5.74) is 0. The van der Waals surface area contributed by atoms with E-state index in [1.54, 1.807) is 4.88 Å². The highest BCUT2D eigenvalue weighted by Gasteiger charge is 2.12. The Morgan fingerprint density at radius 1 is 1.07 bits per heavy atom. The normalized spacial score (nSPS) is 12.1. The number of rotatable bonds is 2. The molecule has 0 saturated heterocycles. The van der Waals surface area contributed by atoms with E-state index in [1.165, 1.54) is 15.0 Å². The Hall–Kier alpha value is -0.340. The lowest BCUT2D eigenvalue weighted by Gasteiger charge is -2.00. The van der Waals surface area contributed by atoms with E-state index in [-0.39, 0.29) is 0 Å². The second-order valence-electron chi connectivity index (χ2n) is 4.34. The van der Waals surface area contributed by atoms with Crippen LogP contribution in [0.25, 0.3) is 10.1 Å². The molecule has 0 aliphatic carbocycles. The first-order chi connectivity index (χ1) is 6.59. The van der Waals surface area contributed by atoms with Crippen molar-refractivity contribution >= 4 is 32.8 Å². The zero-order valence-electron chi connectivity index (χ0n) is 9.13. The first-order valence-electron chi connectivity index (χ1n) is 5.10. The molecule has 0 aliphatic rings. The SMILES string of the molecule is CC(C)c1cc2c(C(C)C)scc2s1. The minimum atomic E-state index is 0.659. The molecule has 2 aromatic heterocycles. The highest BCUT2D eigenvalue weighted by atomic mass is 32.1. The predicted molar refractivity (Wildman–Crippen MR) is 67.9 cm³/mol. The molecule has 2 heterocycles. The van der Waals surface area contributed by atoms with Gasteiger partial charge in [-0.15, -0.1) is 22.7 Å². The van der Waals surface area contributed by atoms with E-state index < -0.39 is 0 Å². The molecular weight excluding hydrogens is 208 g/mol. The number of thiophene rings is 2. The van der Waals surface area contributed by atoms with Gasteiger partial charge in [-0.2, -0.15) is 0 Å². The Morgan fingerprint density at radius 3 is 2.36 bits per heavy atom. The Bertz CT molecular complexity index is 432. The number of hydrogen-bond acceptors (Lipinski definition) is 2. The van der Waals surface area contributed by atoms with E-state index in [0.29, 0.717) is 11.8 Å². The summed E-state index contributed by atoms with van der Waals surface area (Å²) in [6.07, 6.45) is 0. The van der Waals surface area contributed by atoms with Gasteiger partial charge in [0.2, 0.25) is 0 Å². The molecule has 2 aromatic rings. The second kappa shape index (κ2) is 3.67. The van der Waals surface area contributed by atoms with Crippen molar-refractivity contribution in [1.82, 2.24) is 0 Å². The average molecular weight is 224 g/mol. The minimum absolute atomic E-state index is 0.659. The van der Waals surface area contributed by atoms with Gasteiger partial charge in [-0.05, 0) is 17.9 Å². The summed E-state index contributed by atoms with van der Waals surface area (Å²) < 4.78 is 1.47. The Kier molecular flexibility index (Phi) is 2.67. The highest BCUT2D eigenvalue weighted by molar-refractivity contribution is 7.23. The van der Waals surface area contributed by atoms with Crippen LogP contribution in [0.15, 0.2) is 11.4 Å². The maximum atomic E-state index is 2.39.